The molecule has 2 aromatic rings. The van der Waals surface area contributed by atoms with Gasteiger partial charge in [0, 0.05) is 18.7 Å². The van der Waals surface area contributed by atoms with Crippen molar-refractivity contribution in [2.24, 2.45) is 23.2 Å². The Morgan fingerprint density at radius 3 is 2.53 bits per heavy atom. The summed E-state index contributed by atoms with van der Waals surface area (Å²) in [5.74, 6) is 3.68. The molecule has 1 aliphatic heterocycles. The van der Waals surface area contributed by atoms with E-state index in [1.807, 2.05) is 0 Å². The average molecular weight is 471 g/mol. The van der Waals surface area contributed by atoms with Crippen LogP contribution in [-0.2, 0) is 13.0 Å². The van der Waals surface area contributed by atoms with E-state index >= 15 is 0 Å². The molecule has 0 radical (unpaired) electrons. The maximum Gasteiger partial charge on any atom is 0.255 e. The fraction of sp³-hybridized carbons (Fsp3) is 0.560. The number of nitrogens with zero attached hydrogens (tertiary/aromatic N) is 3. The van der Waals surface area contributed by atoms with E-state index in [2.05, 4.69) is 15.3 Å². The van der Waals surface area contributed by atoms with Gasteiger partial charge in [-0.2, -0.15) is 0 Å². The maximum absolute atomic E-state index is 13.1. The molecule has 4 fully saturated rings. The first-order valence-corrected chi connectivity index (χ1v) is 12.6. The molecule has 4 bridgehead atoms. The molecule has 5 nitrogen and oxygen atoms in total. The molecule has 1 aromatic carbocycles. The van der Waals surface area contributed by atoms with Gasteiger partial charge in [-0.3, -0.25) is 4.79 Å². The molecule has 1 aromatic heterocycles. The minimum Gasteiger partial charge on any atom is -0.369 e. The predicted octanol–water partition coefficient (Wildman–Crippen LogP) is 5.61. The molecule has 0 spiro atoms. The number of halogens is 2. The number of hydrogen-bond donors (Lipinski definition) is 1. The SMILES string of the molecule is O=C(c1cccc(Cl)c1Cl)N1CCc2c(ncnc2NCC23CC4CC(CC(C4)C2)C3)C1. The van der Waals surface area contributed by atoms with E-state index in [1.54, 1.807) is 29.4 Å². The molecule has 1 amide bonds. The second-order valence-electron chi connectivity index (χ2n) is 10.5. The minimum atomic E-state index is -0.107. The van der Waals surface area contributed by atoms with Gasteiger partial charge in [-0.05, 0) is 80.2 Å². The van der Waals surface area contributed by atoms with E-state index in [9.17, 15) is 4.79 Å². The van der Waals surface area contributed by atoms with Gasteiger partial charge in [0.15, 0.2) is 0 Å². The summed E-state index contributed by atoms with van der Waals surface area (Å²) in [5.41, 5.74) is 2.97. The summed E-state index contributed by atoms with van der Waals surface area (Å²) in [7, 11) is 0. The first-order chi connectivity index (χ1) is 15.5. The Kier molecular flexibility index (Phi) is 5.10. The highest BCUT2D eigenvalue weighted by molar-refractivity contribution is 6.43. The first-order valence-electron chi connectivity index (χ1n) is 11.8. The third kappa shape index (κ3) is 3.58. The van der Waals surface area contributed by atoms with Crippen LogP contribution in [0.1, 0.15) is 60.1 Å². The summed E-state index contributed by atoms with van der Waals surface area (Å²) >= 11 is 12.4. The number of amides is 1. The number of carbonyl (C=O) groups excluding carboxylic acids is 1. The van der Waals surface area contributed by atoms with Gasteiger partial charge in [0.2, 0.25) is 0 Å². The Morgan fingerprint density at radius 1 is 1.09 bits per heavy atom. The lowest BCUT2D eigenvalue weighted by Gasteiger charge is -2.57. The van der Waals surface area contributed by atoms with Crippen LogP contribution in [-0.4, -0.2) is 33.9 Å². The summed E-state index contributed by atoms with van der Waals surface area (Å²) < 4.78 is 0. The highest BCUT2D eigenvalue weighted by Gasteiger charge is 2.50. The zero-order valence-corrected chi connectivity index (χ0v) is 19.6. The van der Waals surface area contributed by atoms with Crippen LogP contribution in [0.15, 0.2) is 24.5 Å². The van der Waals surface area contributed by atoms with Crippen molar-refractivity contribution >= 4 is 34.9 Å². The van der Waals surface area contributed by atoms with Crippen molar-refractivity contribution in [2.45, 2.75) is 51.5 Å². The molecular weight excluding hydrogens is 443 g/mol. The van der Waals surface area contributed by atoms with Gasteiger partial charge in [0.25, 0.3) is 5.91 Å². The smallest absolute Gasteiger partial charge is 0.255 e. The topological polar surface area (TPSA) is 58.1 Å². The van der Waals surface area contributed by atoms with Crippen molar-refractivity contribution in [1.29, 1.82) is 0 Å². The number of anilines is 1. The lowest BCUT2D eigenvalue weighted by atomic mass is 9.49. The van der Waals surface area contributed by atoms with E-state index in [1.165, 1.54) is 38.5 Å². The van der Waals surface area contributed by atoms with Crippen LogP contribution in [0.25, 0.3) is 0 Å². The van der Waals surface area contributed by atoms with E-state index < -0.39 is 0 Å². The van der Waals surface area contributed by atoms with Crippen molar-refractivity contribution in [3.05, 3.63) is 51.4 Å². The standard InChI is InChI=1S/C25H28Cl2N4O/c26-20-3-1-2-19(22(20)27)24(32)31-5-4-18-21(12-31)29-14-30-23(18)28-13-25-9-15-6-16(10-25)8-17(7-15)11-25/h1-3,14-17H,4-13H2,(H,28,29,30). The van der Waals surface area contributed by atoms with E-state index in [-0.39, 0.29) is 5.91 Å². The number of nitrogens with one attached hydrogen (secondary N) is 1. The minimum absolute atomic E-state index is 0.107. The lowest BCUT2D eigenvalue weighted by Crippen LogP contribution is -2.49. The van der Waals surface area contributed by atoms with Crippen LogP contribution < -0.4 is 5.32 Å². The molecule has 5 aliphatic rings. The van der Waals surface area contributed by atoms with E-state index in [4.69, 9.17) is 23.2 Å². The molecule has 0 atom stereocenters. The maximum atomic E-state index is 13.1. The third-order valence-corrected chi connectivity index (χ3v) is 9.09. The molecule has 0 saturated heterocycles. The second-order valence-corrected chi connectivity index (χ2v) is 11.3. The molecule has 4 saturated carbocycles. The summed E-state index contributed by atoms with van der Waals surface area (Å²) in [6.07, 6.45) is 10.9. The normalized spacial score (nSPS) is 30.3. The Labute approximate surface area is 198 Å². The molecule has 0 unspecified atom stereocenters. The molecular formula is C25H28Cl2N4O. The second kappa shape index (κ2) is 7.88. The first kappa shape index (κ1) is 20.7. The summed E-state index contributed by atoms with van der Waals surface area (Å²) in [5, 5.41) is 4.44. The number of carbonyl (C=O) groups is 1. The number of benzene rings is 1. The third-order valence-electron chi connectivity index (χ3n) is 8.27. The van der Waals surface area contributed by atoms with Gasteiger partial charge in [-0.15, -0.1) is 0 Å². The summed E-state index contributed by atoms with van der Waals surface area (Å²) in [6, 6.07) is 5.18. The zero-order valence-electron chi connectivity index (χ0n) is 18.1. The van der Waals surface area contributed by atoms with Crippen LogP contribution in [0.3, 0.4) is 0 Å². The molecule has 32 heavy (non-hydrogen) atoms. The van der Waals surface area contributed by atoms with Crippen LogP contribution >= 0.6 is 23.2 Å². The lowest BCUT2D eigenvalue weighted by molar-refractivity contribution is -0.0444. The summed E-state index contributed by atoms with van der Waals surface area (Å²) in [6.45, 7) is 2.10. The monoisotopic (exact) mass is 470 g/mol. The Balaban J connectivity index is 1.18. The van der Waals surface area contributed by atoms with Crippen LogP contribution in [0, 0.1) is 23.2 Å². The molecule has 2 heterocycles. The molecule has 7 heteroatoms. The molecule has 4 aliphatic carbocycles. The highest BCUT2D eigenvalue weighted by atomic mass is 35.5. The van der Waals surface area contributed by atoms with Gasteiger partial charge in [-0.25, -0.2) is 9.97 Å². The quantitative estimate of drug-likeness (QED) is 0.630. The average Bonchev–Trinajstić information content (AvgIpc) is 2.78. The van der Waals surface area contributed by atoms with E-state index in [0.29, 0.717) is 34.1 Å². The van der Waals surface area contributed by atoms with Crippen molar-refractivity contribution in [3.8, 4) is 0 Å². The van der Waals surface area contributed by atoms with Crippen LogP contribution in [0.4, 0.5) is 5.82 Å². The Hall–Kier alpha value is -1.85. The molecule has 168 valence electrons. The van der Waals surface area contributed by atoms with Crippen LogP contribution in [0.2, 0.25) is 10.0 Å². The number of rotatable bonds is 4. The highest BCUT2D eigenvalue weighted by Crippen LogP contribution is 2.59. The fourth-order valence-electron chi connectivity index (χ4n) is 7.30. The van der Waals surface area contributed by atoms with Crippen molar-refractivity contribution in [2.75, 3.05) is 18.4 Å². The Bertz CT molecular complexity index is 1040. The van der Waals surface area contributed by atoms with Gasteiger partial charge in [-0.1, -0.05) is 29.3 Å². The number of aromatic nitrogens is 2. The van der Waals surface area contributed by atoms with Gasteiger partial charge < -0.3 is 10.2 Å². The fourth-order valence-corrected chi connectivity index (χ4v) is 7.68. The number of hydrogen-bond acceptors (Lipinski definition) is 4. The molecule has 7 rings (SSSR count). The van der Waals surface area contributed by atoms with Crippen molar-refractivity contribution in [3.63, 3.8) is 0 Å². The van der Waals surface area contributed by atoms with Crippen LogP contribution in [0.5, 0.6) is 0 Å². The zero-order chi connectivity index (χ0) is 21.9. The largest absolute Gasteiger partial charge is 0.369 e. The van der Waals surface area contributed by atoms with Crippen molar-refractivity contribution in [1.82, 2.24) is 14.9 Å². The van der Waals surface area contributed by atoms with E-state index in [0.717, 1.165) is 47.8 Å². The number of fused-ring (bicyclic) bond motifs is 1. The predicted molar refractivity (Wildman–Crippen MR) is 126 cm³/mol. The van der Waals surface area contributed by atoms with Gasteiger partial charge in [0.1, 0.15) is 12.1 Å². The Morgan fingerprint density at radius 2 is 1.81 bits per heavy atom. The molecule has 1 N–H and O–H groups in total. The van der Waals surface area contributed by atoms with Crippen molar-refractivity contribution < 1.29 is 4.79 Å². The van der Waals surface area contributed by atoms with Gasteiger partial charge >= 0.3 is 0 Å². The summed E-state index contributed by atoms with van der Waals surface area (Å²) in [4.78, 5) is 24.0. The van der Waals surface area contributed by atoms with Gasteiger partial charge in [0.05, 0.1) is 27.8 Å².